The highest BCUT2D eigenvalue weighted by molar-refractivity contribution is 6.66. The van der Waals surface area contributed by atoms with Crippen LogP contribution in [0.15, 0.2) is 36.3 Å². The smallest absolute Gasteiger partial charge is 0.271 e. The highest BCUT2D eigenvalue weighted by Gasteiger charge is 1.94. The van der Waals surface area contributed by atoms with Crippen molar-refractivity contribution in [3.05, 3.63) is 36.3 Å². The predicted octanol–water partition coefficient (Wildman–Crippen LogP) is 0.697. The molecule has 0 aromatic rings. The lowest BCUT2D eigenvalue weighted by atomic mass is 9.64. The van der Waals surface area contributed by atoms with E-state index in [0.717, 1.165) is 0 Å². The molecule has 0 saturated carbocycles. The Morgan fingerprint density at radius 3 is 1.88 bits per heavy atom. The summed E-state index contributed by atoms with van der Waals surface area (Å²) >= 11 is 0. The van der Waals surface area contributed by atoms with Gasteiger partial charge in [0, 0.05) is 0 Å². The van der Waals surface area contributed by atoms with Gasteiger partial charge < -0.3 is 5.64 Å². The molecule has 40 valence electrons. The highest BCUT2D eigenvalue weighted by Crippen LogP contribution is 1.88. The number of rotatable bonds is 0. The molecule has 0 amide bonds. The summed E-state index contributed by atoms with van der Waals surface area (Å²) in [6, 6.07) is 0. The van der Waals surface area contributed by atoms with Gasteiger partial charge in [-0.3, -0.25) is 0 Å². The Morgan fingerprint density at radius 2 is 1.38 bits per heavy atom. The minimum absolute atomic E-state index is 0.102. The minimum atomic E-state index is 0.102. The standard InChI is InChI=1S/C6H8BN/c8-7-5-3-1-2-4-6-7/h1-6H,8H2. The molecule has 1 aliphatic rings. The maximum absolute atomic E-state index is 5.52. The second-order valence-electron chi connectivity index (χ2n) is 1.73. The first-order chi connectivity index (χ1) is 3.89. The Kier molecular flexibility index (Phi) is 1.70. The van der Waals surface area contributed by atoms with Crippen molar-refractivity contribution in [1.29, 1.82) is 0 Å². The monoisotopic (exact) mass is 105 g/mol. The topological polar surface area (TPSA) is 26.0 Å². The summed E-state index contributed by atoms with van der Waals surface area (Å²) in [7, 11) is 0. The molecule has 0 unspecified atom stereocenters. The Labute approximate surface area is 49.7 Å². The zero-order valence-electron chi connectivity index (χ0n) is 4.62. The van der Waals surface area contributed by atoms with Crippen LogP contribution in [0.1, 0.15) is 0 Å². The van der Waals surface area contributed by atoms with Gasteiger partial charge in [0.05, 0.1) is 0 Å². The van der Waals surface area contributed by atoms with Gasteiger partial charge in [0.2, 0.25) is 0 Å². The van der Waals surface area contributed by atoms with E-state index < -0.39 is 0 Å². The van der Waals surface area contributed by atoms with Crippen LogP contribution in [0.4, 0.5) is 0 Å². The van der Waals surface area contributed by atoms with Crippen molar-refractivity contribution in [1.82, 2.24) is 0 Å². The molecular formula is C6H8BN. The summed E-state index contributed by atoms with van der Waals surface area (Å²) in [5.74, 6) is 3.89. The van der Waals surface area contributed by atoms with Gasteiger partial charge in [-0.2, -0.15) is 0 Å². The third kappa shape index (κ3) is 1.39. The van der Waals surface area contributed by atoms with Crippen molar-refractivity contribution in [3.63, 3.8) is 0 Å². The fourth-order valence-corrected chi connectivity index (χ4v) is 0.577. The van der Waals surface area contributed by atoms with E-state index in [-0.39, 0.29) is 6.85 Å². The summed E-state index contributed by atoms with van der Waals surface area (Å²) < 4.78 is 0. The number of nitrogens with two attached hydrogens (primary N) is 1. The Bertz CT molecular complexity index is 131. The van der Waals surface area contributed by atoms with Crippen LogP contribution in [-0.4, -0.2) is 6.85 Å². The molecule has 0 aromatic carbocycles. The van der Waals surface area contributed by atoms with Gasteiger partial charge in [-0.25, -0.2) is 0 Å². The molecule has 0 saturated heterocycles. The van der Waals surface area contributed by atoms with E-state index in [4.69, 9.17) is 5.64 Å². The molecule has 0 radical (unpaired) electrons. The first-order valence-electron chi connectivity index (χ1n) is 2.67. The van der Waals surface area contributed by atoms with Crippen LogP contribution in [0.3, 0.4) is 0 Å². The number of allylic oxidation sites excluding steroid dienone is 4. The summed E-state index contributed by atoms with van der Waals surface area (Å²) in [4.78, 5) is 0. The number of hydrogen-bond acceptors (Lipinski definition) is 1. The summed E-state index contributed by atoms with van der Waals surface area (Å²) in [5.41, 5.74) is 5.52. The Morgan fingerprint density at radius 1 is 0.875 bits per heavy atom. The molecular weight excluding hydrogens is 96.9 g/mol. The van der Waals surface area contributed by atoms with E-state index >= 15 is 0 Å². The fourth-order valence-electron chi connectivity index (χ4n) is 0.577. The van der Waals surface area contributed by atoms with Crippen molar-refractivity contribution in [2.75, 3.05) is 0 Å². The third-order valence-electron chi connectivity index (χ3n) is 1.00. The molecule has 0 aromatic heterocycles. The molecule has 8 heavy (non-hydrogen) atoms. The lowest BCUT2D eigenvalue weighted by Gasteiger charge is -1.84. The van der Waals surface area contributed by atoms with Gasteiger partial charge in [0.15, 0.2) is 0 Å². The zero-order chi connectivity index (χ0) is 5.82. The van der Waals surface area contributed by atoms with Crippen molar-refractivity contribution in [2.45, 2.75) is 0 Å². The lowest BCUT2D eigenvalue weighted by Crippen LogP contribution is -2.19. The average molecular weight is 105 g/mol. The van der Waals surface area contributed by atoms with Crippen molar-refractivity contribution < 1.29 is 0 Å². The molecule has 0 spiro atoms. The molecule has 0 atom stereocenters. The van der Waals surface area contributed by atoms with E-state index in [9.17, 15) is 0 Å². The maximum Gasteiger partial charge on any atom is 0.271 e. The van der Waals surface area contributed by atoms with Gasteiger partial charge >= 0.3 is 0 Å². The molecule has 1 nitrogen and oxygen atoms in total. The molecule has 2 heteroatoms. The highest BCUT2D eigenvalue weighted by atomic mass is 14.4. The van der Waals surface area contributed by atoms with Crippen LogP contribution in [-0.2, 0) is 0 Å². The zero-order valence-corrected chi connectivity index (χ0v) is 4.62. The molecule has 1 heterocycles. The summed E-state index contributed by atoms with van der Waals surface area (Å²) in [5, 5.41) is 0. The van der Waals surface area contributed by atoms with Gasteiger partial charge in [-0.1, -0.05) is 36.3 Å². The van der Waals surface area contributed by atoms with E-state index in [0.29, 0.717) is 0 Å². The van der Waals surface area contributed by atoms with Crippen LogP contribution in [0.5, 0.6) is 0 Å². The molecule has 1 aliphatic heterocycles. The molecule has 0 aliphatic carbocycles. The van der Waals surface area contributed by atoms with Gasteiger partial charge in [0.1, 0.15) is 0 Å². The van der Waals surface area contributed by atoms with E-state index in [1.807, 2.05) is 36.3 Å². The van der Waals surface area contributed by atoms with E-state index in [2.05, 4.69) is 0 Å². The van der Waals surface area contributed by atoms with Crippen LogP contribution >= 0.6 is 0 Å². The first-order valence-corrected chi connectivity index (χ1v) is 2.67. The van der Waals surface area contributed by atoms with Gasteiger partial charge in [0.25, 0.3) is 6.85 Å². The second-order valence-corrected chi connectivity index (χ2v) is 1.73. The number of hydrogen-bond donors (Lipinski definition) is 1. The van der Waals surface area contributed by atoms with Crippen molar-refractivity contribution in [3.8, 4) is 0 Å². The molecule has 1 rings (SSSR count). The Hall–Kier alpha value is -0.755. The molecule has 0 bridgehead atoms. The van der Waals surface area contributed by atoms with Crippen LogP contribution in [0.2, 0.25) is 0 Å². The van der Waals surface area contributed by atoms with Gasteiger partial charge in [-0.05, 0) is 0 Å². The first kappa shape index (κ1) is 5.38. The SMILES string of the molecule is NB1C=CC=CC=C1. The normalized spacial score (nSPS) is 16.9. The third-order valence-corrected chi connectivity index (χ3v) is 1.00. The largest absolute Gasteiger partial charge is 0.363 e. The van der Waals surface area contributed by atoms with Crippen LogP contribution in [0, 0.1) is 0 Å². The maximum atomic E-state index is 5.52. The lowest BCUT2D eigenvalue weighted by molar-refractivity contribution is 1.84. The molecule has 2 N–H and O–H groups in total. The molecule has 0 fully saturated rings. The fraction of sp³-hybridized carbons (Fsp3) is 0. The van der Waals surface area contributed by atoms with E-state index in [1.54, 1.807) is 0 Å². The summed E-state index contributed by atoms with van der Waals surface area (Å²) in [6.45, 7) is 0.102. The van der Waals surface area contributed by atoms with Crippen molar-refractivity contribution >= 4 is 6.85 Å². The van der Waals surface area contributed by atoms with Crippen LogP contribution < -0.4 is 5.64 Å². The quantitative estimate of drug-likeness (QED) is 0.450. The van der Waals surface area contributed by atoms with Gasteiger partial charge in [-0.15, -0.1) is 0 Å². The summed E-state index contributed by atoms with van der Waals surface area (Å²) in [6.07, 6.45) is 7.82. The minimum Gasteiger partial charge on any atom is -0.363 e. The van der Waals surface area contributed by atoms with Crippen molar-refractivity contribution in [2.24, 2.45) is 5.64 Å². The van der Waals surface area contributed by atoms with E-state index in [1.165, 1.54) is 0 Å². The average Bonchev–Trinajstić information content (AvgIpc) is 1.94. The van der Waals surface area contributed by atoms with Crippen LogP contribution in [0.25, 0.3) is 0 Å². The predicted molar refractivity (Wildman–Crippen MR) is 37.4 cm³/mol. The second kappa shape index (κ2) is 2.53. The Balaban J connectivity index is 2.66.